The molecule has 5 atom stereocenters. The van der Waals surface area contributed by atoms with E-state index >= 15 is 0 Å². The number of hydrogen-bond acceptors (Lipinski definition) is 15. The van der Waals surface area contributed by atoms with Gasteiger partial charge in [-0.05, 0) is 96.3 Å². The van der Waals surface area contributed by atoms with Gasteiger partial charge in [0.15, 0.2) is 12.2 Å². The molecule has 0 amide bonds. The zero-order chi connectivity index (χ0) is 71.8. The Bertz CT molecular complexity index is 2140. The van der Waals surface area contributed by atoms with Crippen molar-refractivity contribution in [1.29, 1.82) is 0 Å². The number of carbonyl (C=O) groups is 4. The maximum atomic E-state index is 13.1. The van der Waals surface area contributed by atoms with Crippen LogP contribution in [0.2, 0.25) is 0 Å². The van der Waals surface area contributed by atoms with Crippen LogP contribution >= 0.6 is 15.6 Å². The van der Waals surface area contributed by atoms with E-state index in [1.807, 2.05) is 0 Å². The summed E-state index contributed by atoms with van der Waals surface area (Å²) in [5, 5.41) is 10.6. The largest absolute Gasteiger partial charge is 0.472 e. The number of allylic oxidation sites excluding steroid dienone is 12. The van der Waals surface area contributed by atoms with Crippen LogP contribution in [0.15, 0.2) is 72.9 Å². The maximum Gasteiger partial charge on any atom is 0.472 e. The first-order valence-corrected chi connectivity index (χ1v) is 42.2. The first-order valence-electron chi connectivity index (χ1n) is 39.2. The van der Waals surface area contributed by atoms with E-state index in [0.717, 1.165) is 148 Å². The molecule has 0 rings (SSSR count). The summed E-state index contributed by atoms with van der Waals surface area (Å²) in [4.78, 5) is 72.9. The smallest absolute Gasteiger partial charge is 0.462 e. The summed E-state index contributed by atoms with van der Waals surface area (Å²) in [5.74, 6) is -2.19. The minimum atomic E-state index is -4.97. The summed E-state index contributed by atoms with van der Waals surface area (Å²) in [6.45, 7) is 4.74. The number of unbranched alkanes of at least 4 members (excludes halogenated alkanes) is 36. The minimum absolute atomic E-state index is 0.0947. The lowest BCUT2D eigenvalue weighted by molar-refractivity contribution is -0.161. The molecule has 0 bridgehead atoms. The number of carbonyl (C=O) groups excluding carboxylic acids is 4. The van der Waals surface area contributed by atoms with Gasteiger partial charge in [-0.2, -0.15) is 0 Å². The highest BCUT2D eigenvalue weighted by Crippen LogP contribution is 2.45. The average molecular weight is 1430 g/mol. The normalized spacial score (nSPS) is 14.3. The molecule has 98 heavy (non-hydrogen) atoms. The molecule has 19 heteroatoms. The molecule has 0 aromatic carbocycles. The summed E-state index contributed by atoms with van der Waals surface area (Å²) >= 11 is 0. The fourth-order valence-corrected chi connectivity index (χ4v) is 12.3. The standard InChI is InChI=1S/C79H142O17P2/c1-5-9-13-17-21-25-29-32-35-36-39-41-45-48-52-56-60-64-77(82)90-70-75(96-79(84)66-62-58-54-50-46-42-38-34-31-27-23-19-15-11-7-3)72-94-98(87,88)92-68-73(80)67-91-97(85,86)93-71-74(95-78(83)65-61-57-53-49-43-28-24-20-16-12-8-4)69-89-76(81)63-59-55-51-47-44-40-37-33-30-26-22-18-14-10-6-2/h9,13,21-22,25-26,32-33,35,37,39,41,73-75,80H,5-8,10-12,14-20,23-24,27-31,34,36,38,40,42-72H2,1-4H3,(H,85,86)(H,87,88)/b13-9-,25-21-,26-22-,35-32-,37-33-,41-39-. The van der Waals surface area contributed by atoms with Gasteiger partial charge in [-0.25, -0.2) is 9.13 Å². The summed E-state index contributed by atoms with van der Waals surface area (Å²) in [7, 11) is -9.94. The Kier molecular flexibility index (Phi) is 69.3. The molecule has 0 spiro atoms. The van der Waals surface area contributed by atoms with E-state index in [9.17, 15) is 43.2 Å². The lowest BCUT2D eigenvalue weighted by Gasteiger charge is -2.21. The van der Waals surface area contributed by atoms with Gasteiger partial charge in [0.1, 0.15) is 19.3 Å². The van der Waals surface area contributed by atoms with E-state index in [2.05, 4.69) is 101 Å². The van der Waals surface area contributed by atoms with Gasteiger partial charge in [0, 0.05) is 25.7 Å². The number of esters is 4. The van der Waals surface area contributed by atoms with E-state index in [0.29, 0.717) is 25.7 Å². The second-order valence-corrected chi connectivity index (χ2v) is 29.2. The SMILES string of the molecule is CC/C=C\C/C=C\C/C=C\C/C=C\CCCCCCC(=O)OCC(COP(=O)(O)OCC(O)COP(=O)(O)OCC(COC(=O)CCCCCCC/C=C\C/C=C\CCCCC)OC(=O)CCCCCCCCCCCCC)OC(=O)CCCCCCCCCCCCCCCCC. The molecule has 0 aliphatic heterocycles. The van der Waals surface area contributed by atoms with Crippen LogP contribution in [-0.2, 0) is 65.4 Å². The fraction of sp³-hybridized carbons (Fsp3) is 0.797. The number of aliphatic hydroxyl groups is 1. The van der Waals surface area contributed by atoms with Crippen LogP contribution in [0.5, 0.6) is 0 Å². The molecule has 0 aliphatic rings. The third-order valence-corrected chi connectivity index (χ3v) is 18.6. The van der Waals surface area contributed by atoms with Crippen molar-refractivity contribution in [1.82, 2.24) is 0 Å². The van der Waals surface area contributed by atoms with Crippen LogP contribution in [0.3, 0.4) is 0 Å². The van der Waals surface area contributed by atoms with Crippen LogP contribution in [0.25, 0.3) is 0 Å². The number of ether oxygens (including phenoxy) is 4. The van der Waals surface area contributed by atoms with Gasteiger partial charge in [-0.1, -0.05) is 300 Å². The molecule has 0 aliphatic carbocycles. The predicted octanol–water partition coefficient (Wildman–Crippen LogP) is 22.4. The first-order chi connectivity index (χ1) is 47.7. The van der Waals surface area contributed by atoms with Crippen LogP contribution in [0, 0.1) is 0 Å². The molecule has 0 saturated carbocycles. The molecule has 0 radical (unpaired) electrons. The number of hydrogen-bond donors (Lipinski definition) is 3. The van der Waals surface area contributed by atoms with Crippen LogP contribution in [0.1, 0.15) is 349 Å². The number of phosphoric acid groups is 2. The third-order valence-electron chi connectivity index (χ3n) is 16.7. The number of aliphatic hydroxyl groups excluding tert-OH is 1. The second kappa shape index (κ2) is 71.9. The summed E-state index contributed by atoms with van der Waals surface area (Å²) in [5.41, 5.74) is 0. The third kappa shape index (κ3) is 70.9. The summed E-state index contributed by atoms with van der Waals surface area (Å²) in [6, 6.07) is 0. The highest BCUT2D eigenvalue weighted by atomic mass is 31.2. The molecule has 0 heterocycles. The Morgan fingerprint density at radius 3 is 0.837 bits per heavy atom. The van der Waals surface area contributed by atoms with Crippen molar-refractivity contribution in [3.63, 3.8) is 0 Å². The van der Waals surface area contributed by atoms with Gasteiger partial charge in [0.2, 0.25) is 0 Å². The molecule has 0 fully saturated rings. The van der Waals surface area contributed by atoms with Crippen molar-refractivity contribution in [2.24, 2.45) is 0 Å². The van der Waals surface area contributed by atoms with Crippen molar-refractivity contribution < 1.29 is 80.2 Å². The van der Waals surface area contributed by atoms with E-state index in [-0.39, 0.29) is 25.7 Å². The fourth-order valence-electron chi connectivity index (χ4n) is 10.7. The molecule has 570 valence electrons. The van der Waals surface area contributed by atoms with E-state index in [1.165, 1.54) is 122 Å². The zero-order valence-electron chi connectivity index (χ0n) is 62.2. The van der Waals surface area contributed by atoms with Crippen molar-refractivity contribution >= 4 is 39.5 Å². The topological polar surface area (TPSA) is 237 Å². The van der Waals surface area contributed by atoms with Gasteiger partial charge in [-0.3, -0.25) is 37.3 Å². The van der Waals surface area contributed by atoms with Crippen LogP contribution in [-0.4, -0.2) is 96.7 Å². The maximum absolute atomic E-state index is 13.1. The number of rotatable bonds is 74. The van der Waals surface area contributed by atoms with E-state index < -0.39 is 97.5 Å². The zero-order valence-corrected chi connectivity index (χ0v) is 64.0. The quantitative estimate of drug-likeness (QED) is 0.0169. The summed E-state index contributed by atoms with van der Waals surface area (Å²) in [6.07, 6.45) is 71.7. The van der Waals surface area contributed by atoms with Crippen LogP contribution < -0.4 is 0 Å². The summed E-state index contributed by atoms with van der Waals surface area (Å²) < 4.78 is 68.5. The lowest BCUT2D eigenvalue weighted by Crippen LogP contribution is -2.30. The Hall–Kier alpha value is -3.50. The molecule has 3 N–H and O–H groups in total. The highest BCUT2D eigenvalue weighted by molar-refractivity contribution is 7.47. The Labute approximate surface area is 596 Å². The Morgan fingerprint density at radius 1 is 0.296 bits per heavy atom. The molecular weight excluding hydrogens is 1280 g/mol. The van der Waals surface area contributed by atoms with Crippen molar-refractivity contribution in [2.75, 3.05) is 39.6 Å². The highest BCUT2D eigenvalue weighted by Gasteiger charge is 2.30. The van der Waals surface area contributed by atoms with Crippen molar-refractivity contribution in [2.45, 2.75) is 367 Å². The average Bonchev–Trinajstić information content (AvgIpc) is 0.986. The molecular formula is C79H142O17P2. The monoisotopic (exact) mass is 1420 g/mol. The molecule has 0 aromatic rings. The minimum Gasteiger partial charge on any atom is -0.462 e. The van der Waals surface area contributed by atoms with Crippen molar-refractivity contribution in [3.05, 3.63) is 72.9 Å². The Balaban J connectivity index is 5.33. The predicted molar refractivity (Wildman–Crippen MR) is 400 cm³/mol. The number of phosphoric ester groups is 2. The molecule has 0 saturated heterocycles. The van der Waals surface area contributed by atoms with Gasteiger partial charge >= 0.3 is 39.5 Å². The van der Waals surface area contributed by atoms with Gasteiger partial charge in [-0.15, -0.1) is 0 Å². The molecule has 5 unspecified atom stereocenters. The molecule has 17 nitrogen and oxygen atoms in total. The second-order valence-electron chi connectivity index (χ2n) is 26.3. The molecule has 0 aromatic heterocycles. The first kappa shape index (κ1) is 94.5. The van der Waals surface area contributed by atoms with E-state index in [1.54, 1.807) is 0 Å². The van der Waals surface area contributed by atoms with Gasteiger partial charge in [0.05, 0.1) is 26.4 Å². The Morgan fingerprint density at radius 2 is 0.531 bits per heavy atom. The van der Waals surface area contributed by atoms with Gasteiger partial charge in [0.25, 0.3) is 0 Å². The van der Waals surface area contributed by atoms with Gasteiger partial charge < -0.3 is 33.8 Å². The van der Waals surface area contributed by atoms with Crippen molar-refractivity contribution in [3.8, 4) is 0 Å². The van der Waals surface area contributed by atoms with E-state index in [4.69, 9.17) is 37.0 Å². The lowest BCUT2D eigenvalue weighted by atomic mass is 10.0. The van der Waals surface area contributed by atoms with Crippen LogP contribution in [0.4, 0.5) is 0 Å².